The van der Waals surface area contributed by atoms with Crippen molar-refractivity contribution in [3.8, 4) is 5.75 Å². The molecule has 0 radical (unpaired) electrons. The molecule has 0 aliphatic carbocycles. The minimum atomic E-state index is -0.794. The van der Waals surface area contributed by atoms with Crippen LogP contribution in [-0.2, 0) is 4.79 Å². The van der Waals surface area contributed by atoms with Crippen molar-refractivity contribution in [2.45, 2.75) is 20.3 Å². The summed E-state index contributed by atoms with van der Waals surface area (Å²) in [4.78, 5) is 11.4. The van der Waals surface area contributed by atoms with Gasteiger partial charge in [-0.15, -0.1) is 0 Å². The van der Waals surface area contributed by atoms with Crippen LogP contribution in [0.25, 0.3) is 0 Å². The van der Waals surface area contributed by atoms with E-state index in [1.165, 1.54) is 6.07 Å². The lowest BCUT2D eigenvalue weighted by Crippen LogP contribution is -2.18. The number of hydrogen-bond acceptors (Lipinski definition) is 2. The van der Waals surface area contributed by atoms with Gasteiger partial charge in [0.1, 0.15) is 12.4 Å². The van der Waals surface area contributed by atoms with Crippen LogP contribution in [0.4, 0.5) is 8.78 Å². The van der Waals surface area contributed by atoms with Gasteiger partial charge in [0.15, 0.2) is 17.3 Å². The molecular formula is C12H14F2O2. The molecule has 1 unspecified atom stereocenters. The van der Waals surface area contributed by atoms with Gasteiger partial charge in [-0.05, 0) is 18.6 Å². The Morgan fingerprint density at radius 1 is 1.44 bits per heavy atom. The first kappa shape index (κ1) is 12.6. The summed E-state index contributed by atoms with van der Waals surface area (Å²) in [6.07, 6.45) is 0.716. The van der Waals surface area contributed by atoms with Gasteiger partial charge in [-0.3, -0.25) is 4.79 Å². The number of benzene rings is 1. The second-order valence-corrected chi connectivity index (χ2v) is 3.64. The number of Topliss-reactive ketones (excluding diaryl/α,β-unsaturated/α-hetero) is 1. The number of carbonyl (C=O) groups is 1. The fourth-order valence-corrected chi connectivity index (χ4v) is 1.11. The zero-order valence-corrected chi connectivity index (χ0v) is 9.30. The van der Waals surface area contributed by atoms with E-state index in [-0.39, 0.29) is 24.1 Å². The molecule has 1 rings (SSSR count). The lowest BCUT2D eigenvalue weighted by atomic mass is 10.1. The van der Waals surface area contributed by atoms with Crippen molar-refractivity contribution in [3.63, 3.8) is 0 Å². The second-order valence-electron chi connectivity index (χ2n) is 3.64. The molecule has 0 saturated heterocycles. The Morgan fingerprint density at radius 2 is 2.12 bits per heavy atom. The van der Waals surface area contributed by atoms with Crippen LogP contribution in [-0.4, -0.2) is 12.4 Å². The lowest BCUT2D eigenvalue weighted by molar-refractivity contribution is -0.124. The average Bonchev–Trinajstić information content (AvgIpc) is 2.26. The van der Waals surface area contributed by atoms with Gasteiger partial charge < -0.3 is 4.74 Å². The smallest absolute Gasteiger partial charge is 0.172 e. The van der Waals surface area contributed by atoms with Crippen LogP contribution in [0.3, 0.4) is 0 Å². The summed E-state index contributed by atoms with van der Waals surface area (Å²) in [6.45, 7) is 3.49. The second kappa shape index (κ2) is 5.58. The van der Waals surface area contributed by atoms with Crippen molar-refractivity contribution in [2.24, 2.45) is 5.92 Å². The molecule has 1 aromatic carbocycles. The third kappa shape index (κ3) is 3.29. The van der Waals surface area contributed by atoms with Crippen LogP contribution >= 0.6 is 0 Å². The maximum absolute atomic E-state index is 13.1. The van der Waals surface area contributed by atoms with Gasteiger partial charge in [0.05, 0.1) is 0 Å². The largest absolute Gasteiger partial charge is 0.483 e. The molecule has 1 aromatic rings. The standard InChI is InChI=1S/C12H14F2O2/c1-3-8(2)11(15)7-16-12-5-4-9(13)6-10(12)14/h4-6,8H,3,7H2,1-2H3. The van der Waals surface area contributed by atoms with Crippen molar-refractivity contribution >= 4 is 5.78 Å². The van der Waals surface area contributed by atoms with Crippen LogP contribution in [0.5, 0.6) is 5.75 Å². The van der Waals surface area contributed by atoms with Gasteiger partial charge in [-0.2, -0.15) is 0 Å². The normalized spacial score (nSPS) is 12.2. The van der Waals surface area contributed by atoms with Crippen molar-refractivity contribution in [3.05, 3.63) is 29.8 Å². The molecule has 16 heavy (non-hydrogen) atoms. The van der Waals surface area contributed by atoms with E-state index in [1.807, 2.05) is 6.92 Å². The molecule has 0 aromatic heterocycles. The Labute approximate surface area is 93.2 Å². The summed E-state index contributed by atoms with van der Waals surface area (Å²) < 4.78 is 30.7. The minimum Gasteiger partial charge on any atom is -0.483 e. The number of halogens is 2. The van der Waals surface area contributed by atoms with Crippen LogP contribution in [0.1, 0.15) is 20.3 Å². The molecule has 0 saturated carbocycles. The summed E-state index contributed by atoms with van der Waals surface area (Å²) in [6, 6.07) is 2.99. The molecule has 0 amide bonds. The van der Waals surface area contributed by atoms with E-state index in [2.05, 4.69) is 0 Å². The molecule has 0 aliphatic heterocycles. The molecule has 0 N–H and O–H groups in total. The van der Waals surface area contributed by atoms with Gasteiger partial charge >= 0.3 is 0 Å². The van der Waals surface area contributed by atoms with Crippen molar-refractivity contribution in [2.75, 3.05) is 6.61 Å². The Bertz CT molecular complexity index is 377. The highest BCUT2D eigenvalue weighted by Gasteiger charge is 2.12. The van der Waals surface area contributed by atoms with Crippen LogP contribution in [0, 0.1) is 17.6 Å². The Hall–Kier alpha value is -1.45. The van der Waals surface area contributed by atoms with Crippen molar-refractivity contribution in [1.82, 2.24) is 0 Å². The third-order valence-corrected chi connectivity index (χ3v) is 2.43. The molecule has 1 atom stereocenters. The molecule has 0 spiro atoms. The van der Waals surface area contributed by atoms with E-state index in [0.29, 0.717) is 6.42 Å². The fraction of sp³-hybridized carbons (Fsp3) is 0.417. The molecule has 4 heteroatoms. The number of ketones is 1. The number of carbonyl (C=O) groups excluding carboxylic acids is 1. The van der Waals surface area contributed by atoms with E-state index in [9.17, 15) is 13.6 Å². The summed E-state index contributed by atoms with van der Waals surface area (Å²) >= 11 is 0. The molecule has 0 bridgehead atoms. The zero-order valence-electron chi connectivity index (χ0n) is 9.30. The van der Waals surface area contributed by atoms with Gasteiger partial charge in [0.2, 0.25) is 0 Å². The van der Waals surface area contributed by atoms with Crippen molar-refractivity contribution in [1.29, 1.82) is 0 Å². The van der Waals surface area contributed by atoms with Gasteiger partial charge in [-0.25, -0.2) is 8.78 Å². The van der Waals surface area contributed by atoms with E-state index in [1.54, 1.807) is 6.92 Å². The van der Waals surface area contributed by atoms with E-state index in [0.717, 1.165) is 12.1 Å². The minimum absolute atomic E-state index is 0.0915. The lowest BCUT2D eigenvalue weighted by Gasteiger charge is -2.09. The van der Waals surface area contributed by atoms with Gasteiger partial charge in [0, 0.05) is 12.0 Å². The highest BCUT2D eigenvalue weighted by atomic mass is 19.1. The fourth-order valence-electron chi connectivity index (χ4n) is 1.11. The quantitative estimate of drug-likeness (QED) is 0.774. The SMILES string of the molecule is CCC(C)C(=O)COc1ccc(F)cc1F. The Morgan fingerprint density at radius 3 is 2.69 bits per heavy atom. The third-order valence-electron chi connectivity index (χ3n) is 2.43. The summed E-state index contributed by atoms with van der Waals surface area (Å²) in [5.74, 6) is -1.76. The predicted molar refractivity (Wildman–Crippen MR) is 56.3 cm³/mol. The summed E-state index contributed by atoms with van der Waals surface area (Å²) in [7, 11) is 0. The average molecular weight is 228 g/mol. The van der Waals surface area contributed by atoms with E-state index in [4.69, 9.17) is 4.74 Å². The van der Waals surface area contributed by atoms with Crippen LogP contribution in [0.2, 0.25) is 0 Å². The molecular weight excluding hydrogens is 214 g/mol. The zero-order chi connectivity index (χ0) is 12.1. The summed E-state index contributed by atoms with van der Waals surface area (Å²) in [5.41, 5.74) is 0. The topological polar surface area (TPSA) is 26.3 Å². The van der Waals surface area contributed by atoms with Gasteiger partial charge in [0.25, 0.3) is 0 Å². The number of ether oxygens (including phenoxy) is 1. The first-order valence-corrected chi connectivity index (χ1v) is 5.15. The number of rotatable bonds is 5. The molecule has 0 aliphatic rings. The number of hydrogen-bond donors (Lipinski definition) is 0. The van der Waals surface area contributed by atoms with Gasteiger partial charge in [-0.1, -0.05) is 13.8 Å². The van der Waals surface area contributed by atoms with E-state index >= 15 is 0 Å². The first-order valence-electron chi connectivity index (χ1n) is 5.15. The van der Waals surface area contributed by atoms with Crippen LogP contribution in [0.15, 0.2) is 18.2 Å². The Balaban J connectivity index is 2.58. The maximum Gasteiger partial charge on any atom is 0.172 e. The maximum atomic E-state index is 13.1. The highest BCUT2D eigenvalue weighted by molar-refractivity contribution is 5.82. The summed E-state index contributed by atoms with van der Waals surface area (Å²) in [5, 5.41) is 0. The van der Waals surface area contributed by atoms with Crippen molar-refractivity contribution < 1.29 is 18.3 Å². The monoisotopic (exact) mass is 228 g/mol. The van der Waals surface area contributed by atoms with Crippen LogP contribution < -0.4 is 4.74 Å². The Kier molecular flexibility index (Phi) is 4.40. The first-order chi connectivity index (χ1) is 7.54. The molecule has 0 fully saturated rings. The molecule has 88 valence electrons. The molecule has 2 nitrogen and oxygen atoms in total. The van der Waals surface area contributed by atoms with E-state index < -0.39 is 11.6 Å². The molecule has 0 heterocycles. The predicted octanol–water partition coefficient (Wildman–Crippen LogP) is 2.96. The highest BCUT2D eigenvalue weighted by Crippen LogP contribution is 2.17.